The molecule has 0 radical (unpaired) electrons. The SMILES string of the molecule is Cc1c(NC(=O)/C=C\c2cccc3ccccc23)c(=O)n(-c2ccccc2)n1C. The van der Waals surface area contributed by atoms with Crippen LogP contribution >= 0.6 is 0 Å². The minimum Gasteiger partial charge on any atom is -0.316 e. The van der Waals surface area contributed by atoms with Crippen LogP contribution in [0.4, 0.5) is 5.69 Å². The van der Waals surface area contributed by atoms with Gasteiger partial charge < -0.3 is 5.32 Å². The summed E-state index contributed by atoms with van der Waals surface area (Å²) in [5, 5.41) is 4.93. The van der Waals surface area contributed by atoms with Gasteiger partial charge in [-0.2, -0.15) is 0 Å². The highest BCUT2D eigenvalue weighted by molar-refractivity contribution is 6.03. The summed E-state index contributed by atoms with van der Waals surface area (Å²) in [6.07, 6.45) is 3.23. The Morgan fingerprint density at radius 2 is 1.62 bits per heavy atom. The number of fused-ring (bicyclic) bond motifs is 1. The highest BCUT2D eigenvalue weighted by Gasteiger charge is 2.17. The van der Waals surface area contributed by atoms with E-state index in [2.05, 4.69) is 5.32 Å². The van der Waals surface area contributed by atoms with Gasteiger partial charge in [0, 0.05) is 13.1 Å². The number of amides is 1. The van der Waals surface area contributed by atoms with E-state index in [1.54, 1.807) is 22.5 Å². The van der Waals surface area contributed by atoms with E-state index < -0.39 is 0 Å². The normalized spacial score (nSPS) is 11.2. The van der Waals surface area contributed by atoms with Gasteiger partial charge in [0.2, 0.25) is 5.91 Å². The van der Waals surface area contributed by atoms with Crippen LogP contribution in [0, 0.1) is 6.92 Å². The van der Waals surface area contributed by atoms with Crippen molar-refractivity contribution in [3.8, 4) is 5.69 Å². The second-order valence-electron chi connectivity index (χ2n) is 6.83. The molecule has 29 heavy (non-hydrogen) atoms. The van der Waals surface area contributed by atoms with Crippen molar-refractivity contribution >= 4 is 28.4 Å². The van der Waals surface area contributed by atoms with E-state index in [1.165, 1.54) is 6.08 Å². The Balaban J connectivity index is 1.62. The summed E-state index contributed by atoms with van der Waals surface area (Å²) in [5.41, 5.74) is 2.40. The molecular formula is C24H21N3O2. The zero-order valence-corrected chi connectivity index (χ0v) is 16.3. The third kappa shape index (κ3) is 3.50. The van der Waals surface area contributed by atoms with Crippen LogP contribution in [-0.2, 0) is 11.8 Å². The van der Waals surface area contributed by atoms with E-state index in [4.69, 9.17) is 0 Å². The van der Waals surface area contributed by atoms with Gasteiger partial charge in [0.05, 0.1) is 11.4 Å². The first kappa shape index (κ1) is 18.5. The van der Waals surface area contributed by atoms with Crippen LogP contribution in [0.25, 0.3) is 22.5 Å². The van der Waals surface area contributed by atoms with E-state index in [0.717, 1.165) is 22.0 Å². The fraction of sp³-hybridized carbons (Fsp3) is 0.0833. The molecular weight excluding hydrogens is 362 g/mol. The lowest BCUT2D eigenvalue weighted by atomic mass is 10.0. The number of benzene rings is 3. The Labute approximate surface area is 168 Å². The molecule has 144 valence electrons. The third-order valence-corrected chi connectivity index (χ3v) is 5.04. The Hall–Kier alpha value is -3.86. The molecule has 1 N–H and O–H groups in total. The molecule has 0 saturated heterocycles. The number of nitrogens with zero attached hydrogens (tertiary/aromatic N) is 2. The first-order chi connectivity index (χ1) is 14.1. The van der Waals surface area contributed by atoms with Crippen LogP contribution in [-0.4, -0.2) is 15.3 Å². The van der Waals surface area contributed by atoms with Gasteiger partial charge in [-0.25, -0.2) is 4.68 Å². The average Bonchev–Trinajstić information content (AvgIpc) is 2.96. The lowest BCUT2D eigenvalue weighted by Crippen LogP contribution is -2.22. The molecule has 0 aliphatic carbocycles. The van der Waals surface area contributed by atoms with Crippen molar-refractivity contribution in [2.24, 2.45) is 7.05 Å². The van der Waals surface area contributed by atoms with Crippen molar-refractivity contribution in [3.05, 3.63) is 100 Å². The fourth-order valence-corrected chi connectivity index (χ4v) is 3.44. The lowest BCUT2D eigenvalue weighted by Gasteiger charge is -2.07. The van der Waals surface area contributed by atoms with Crippen LogP contribution in [0.3, 0.4) is 0 Å². The number of carbonyl (C=O) groups is 1. The Morgan fingerprint density at radius 1 is 0.931 bits per heavy atom. The molecule has 0 bridgehead atoms. The van der Waals surface area contributed by atoms with E-state index in [9.17, 15) is 9.59 Å². The molecule has 0 saturated carbocycles. The van der Waals surface area contributed by atoms with E-state index in [0.29, 0.717) is 5.69 Å². The maximum absolute atomic E-state index is 12.9. The summed E-state index contributed by atoms with van der Waals surface area (Å²) in [6.45, 7) is 1.81. The Kier molecular flexibility index (Phi) is 4.87. The number of hydrogen-bond acceptors (Lipinski definition) is 2. The van der Waals surface area contributed by atoms with Gasteiger partial charge in [-0.1, -0.05) is 60.7 Å². The van der Waals surface area contributed by atoms with Crippen molar-refractivity contribution < 1.29 is 4.79 Å². The number of para-hydroxylation sites is 1. The molecule has 0 aliphatic heterocycles. The van der Waals surface area contributed by atoms with Crippen molar-refractivity contribution in [3.63, 3.8) is 0 Å². The van der Waals surface area contributed by atoms with Crippen LogP contribution in [0.2, 0.25) is 0 Å². The summed E-state index contributed by atoms with van der Waals surface area (Å²) < 4.78 is 3.28. The molecule has 0 fully saturated rings. The number of anilines is 1. The first-order valence-electron chi connectivity index (χ1n) is 9.37. The summed E-state index contributed by atoms with van der Waals surface area (Å²) in [6, 6.07) is 23.3. The number of rotatable bonds is 4. The number of aromatic nitrogens is 2. The molecule has 0 unspecified atom stereocenters. The summed E-state index contributed by atoms with van der Waals surface area (Å²) >= 11 is 0. The van der Waals surface area contributed by atoms with Crippen molar-refractivity contribution in [2.45, 2.75) is 6.92 Å². The van der Waals surface area contributed by atoms with Gasteiger partial charge in [0.25, 0.3) is 5.56 Å². The minimum atomic E-state index is -0.344. The fourth-order valence-electron chi connectivity index (χ4n) is 3.44. The van der Waals surface area contributed by atoms with Crippen LogP contribution in [0.5, 0.6) is 0 Å². The maximum Gasteiger partial charge on any atom is 0.295 e. The van der Waals surface area contributed by atoms with E-state index in [-0.39, 0.29) is 17.2 Å². The van der Waals surface area contributed by atoms with Crippen molar-refractivity contribution in [1.29, 1.82) is 0 Å². The molecule has 4 aromatic rings. The molecule has 1 amide bonds. The largest absolute Gasteiger partial charge is 0.316 e. The average molecular weight is 383 g/mol. The molecule has 1 aromatic heterocycles. The lowest BCUT2D eigenvalue weighted by molar-refractivity contribution is -0.111. The van der Waals surface area contributed by atoms with Gasteiger partial charge >= 0.3 is 0 Å². The van der Waals surface area contributed by atoms with E-state index >= 15 is 0 Å². The molecule has 0 atom stereocenters. The predicted octanol–water partition coefficient (Wildman–Crippen LogP) is 4.29. The highest BCUT2D eigenvalue weighted by atomic mass is 16.2. The summed E-state index contributed by atoms with van der Waals surface area (Å²) in [4.78, 5) is 25.4. The van der Waals surface area contributed by atoms with Crippen molar-refractivity contribution in [1.82, 2.24) is 9.36 Å². The van der Waals surface area contributed by atoms with Crippen LogP contribution in [0.15, 0.2) is 83.7 Å². The highest BCUT2D eigenvalue weighted by Crippen LogP contribution is 2.20. The Morgan fingerprint density at radius 3 is 2.41 bits per heavy atom. The molecule has 0 aliphatic rings. The van der Waals surface area contributed by atoms with Gasteiger partial charge in [0.1, 0.15) is 5.69 Å². The maximum atomic E-state index is 12.9. The minimum absolute atomic E-state index is 0.261. The smallest absolute Gasteiger partial charge is 0.295 e. The molecule has 4 rings (SSSR count). The number of nitrogens with one attached hydrogen (secondary N) is 1. The summed E-state index contributed by atoms with van der Waals surface area (Å²) in [5.74, 6) is -0.344. The summed E-state index contributed by atoms with van der Waals surface area (Å²) in [7, 11) is 1.80. The number of carbonyl (C=O) groups excluding carboxylic acids is 1. The van der Waals surface area contributed by atoms with Gasteiger partial charge in [0.15, 0.2) is 0 Å². The van der Waals surface area contributed by atoms with Gasteiger partial charge in [-0.05, 0) is 41.5 Å². The number of hydrogen-bond donors (Lipinski definition) is 1. The van der Waals surface area contributed by atoms with Crippen LogP contribution < -0.4 is 10.9 Å². The van der Waals surface area contributed by atoms with Gasteiger partial charge in [-0.3, -0.25) is 14.3 Å². The second kappa shape index (κ2) is 7.64. The molecule has 5 nitrogen and oxygen atoms in total. The third-order valence-electron chi connectivity index (χ3n) is 5.04. The predicted molar refractivity (Wildman–Crippen MR) is 117 cm³/mol. The zero-order valence-electron chi connectivity index (χ0n) is 16.3. The first-order valence-corrected chi connectivity index (χ1v) is 9.37. The molecule has 0 spiro atoms. The van der Waals surface area contributed by atoms with Gasteiger partial charge in [-0.15, -0.1) is 0 Å². The van der Waals surface area contributed by atoms with E-state index in [1.807, 2.05) is 79.7 Å². The zero-order chi connectivity index (χ0) is 20.4. The molecule has 3 aromatic carbocycles. The monoisotopic (exact) mass is 383 g/mol. The second-order valence-corrected chi connectivity index (χ2v) is 6.83. The topological polar surface area (TPSA) is 56.0 Å². The Bertz CT molecular complexity index is 1280. The quantitative estimate of drug-likeness (QED) is 0.535. The molecule has 5 heteroatoms. The van der Waals surface area contributed by atoms with Crippen LogP contribution in [0.1, 0.15) is 11.3 Å². The molecule has 1 heterocycles. The standard InChI is InChI=1S/C24H21N3O2/c1-17-23(24(29)27(26(17)2)20-12-4-3-5-13-20)25-22(28)16-15-19-11-8-10-18-9-6-7-14-21(18)19/h3-16H,1-2H3,(H,25,28)/b16-15-. The van der Waals surface area contributed by atoms with Crippen molar-refractivity contribution in [2.75, 3.05) is 5.32 Å².